The molecule has 3 nitrogen and oxygen atoms in total. The van der Waals surface area contributed by atoms with Crippen LogP contribution in [0.5, 0.6) is 0 Å². The molecular weight excluding hydrogens is 322 g/mol. The van der Waals surface area contributed by atoms with Gasteiger partial charge in [0.15, 0.2) is 0 Å². The van der Waals surface area contributed by atoms with Crippen molar-refractivity contribution in [1.29, 1.82) is 0 Å². The molecule has 0 radical (unpaired) electrons. The van der Waals surface area contributed by atoms with Crippen LogP contribution in [0.1, 0.15) is 118 Å². The number of hydrogen-bond donors (Lipinski definition) is 1. The number of unbranched alkanes of at least 4 members (excludes halogenated alkanes) is 11. The Morgan fingerprint density at radius 1 is 0.885 bits per heavy atom. The van der Waals surface area contributed by atoms with Gasteiger partial charge in [-0.05, 0) is 33.1 Å². The highest BCUT2D eigenvalue weighted by atomic mass is 16.6. The molecular formula is C23H45NO2. The van der Waals surface area contributed by atoms with Gasteiger partial charge in [-0.15, -0.1) is 0 Å². The highest BCUT2D eigenvalue weighted by Crippen LogP contribution is 2.34. The van der Waals surface area contributed by atoms with E-state index in [1.165, 1.54) is 76.7 Å². The van der Waals surface area contributed by atoms with Crippen LogP contribution in [0, 0.1) is 0 Å². The van der Waals surface area contributed by atoms with Crippen molar-refractivity contribution in [3.63, 3.8) is 0 Å². The van der Waals surface area contributed by atoms with Gasteiger partial charge in [0.05, 0.1) is 5.54 Å². The van der Waals surface area contributed by atoms with Gasteiger partial charge in [-0.1, -0.05) is 91.1 Å². The Morgan fingerprint density at radius 2 is 1.31 bits per heavy atom. The highest BCUT2D eigenvalue weighted by Gasteiger charge is 2.43. The molecule has 0 aliphatic rings. The SMILES string of the molecule is C=CC(=O)OC(CC)(CCCCCCCCCCCCCC)C(C)(C)N. The highest BCUT2D eigenvalue weighted by molar-refractivity contribution is 5.81. The van der Waals surface area contributed by atoms with Crippen molar-refractivity contribution in [1.82, 2.24) is 0 Å². The first kappa shape index (κ1) is 25.2. The number of carbonyl (C=O) groups is 1. The van der Waals surface area contributed by atoms with Gasteiger partial charge in [-0.3, -0.25) is 0 Å². The molecule has 0 bridgehead atoms. The maximum absolute atomic E-state index is 11.8. The Kier molecular flexibility index (Phi) is 13.8. The topological polar surface area (TPSA) is 52.3 Å². The molecule has 0 aromatic rings. The average Bonchev–Trinajstić information content (AvgIpc) is 2.60. The normalized spacial score (nSPS) is 14.0. The van der Waals surface area contributed by atoms with Gasteiger partial charge >= 0.3 is 5.97 Å². The first-order valence-electron chi connectivity index (χ1n) is 11.0. The molecule has 0 saturated heterocycles. The third kappa shape index (κ3) is 10.4. The summed E-state index contributed by atoms with van der Waals surface area (Å²) in [6.45, 7) is 11.7. The quantitative estimate of drug-likeness (QED) is 0.177. The second-order valence-corrected chi connectivity index (χ2v) is 8.33. The molecule has 0 aliphatic carbocycles. The first-order valence-corrected chi connectivity index (χ1v) is 11.0. The van der Waals surface area contributed by atoms with E-state index < -0.39 is 11.1 Å². The fourth-order valence-corrected chi connectivity index (χ4v) is 3.70. The van der Waals surface area contributed by atoms with E-state index in [1.54, 1.807) is 0 Å². The predicted octanol–water partition coefficient (Wildman–Crippen LogP) is 6.69. The van der Waals surface area contributed by atoms with E-state index in [0.717, 1.165) is 19.3 Å². The van der Waals surface area contributed by atoms with Crippen LogP contribution in [0.25, 0.3) is 0 Å². The fraction of sp³-hybridized carbons (Fsp3) is 0.870. The van der Waals surface area contributed by atoms with Crippen LogP contribution in [-0.4, -0.2) is 17.1 Å². The van der Waals surface area contributed by atoms with E-state index in [1.807, 2.05) is 20.8 Å². The molecule has 154 valence electrons. The molecule has 2 N–H and O–H groups in total. The fourth-order valence-electron chi connectivity index (χ4n) is 3.70. The Hall–Kier alpha value is -0.830. The van der Waals surface area contributed by atoms with E-state index in [0.29, 0.717) is 0 Å². The van der Waals surface area contributed by atoms with E-state index in [2.05, 4.69) is 13.5 Å². The molecule has 0 aromatic carbocycles. The molecule has 0 amide bonds. The molecule has 26 heavy (non-hydrogen) atoms. The van der Waals surface area contributed by atoms with E-state index in [9.17, 15) is 4.79 Å². The average molecular weight is 368 g/mol. The lowest BCUT2D eigenvalue weighted by Crippen LogP contribution is -2.58. The van der Waals surface area contributed by atoms with Crippen LogP contribution in [0.15, 0.2) is 12.7 Å². The van der Waals surface area contributed by atoms with Gasteiger partial charge in [0.2, 0.25) is 0 Å². The van der Waals surface area contributed by atoms with E-state index >= 15 is 0 Å². The van der Waals surface area contributed by atoms with Crippen molar-refractivity contribution < 1.29 is 9.53 Å². The summed E-state index contributed by atoms with van der Waals surface area (Å²) < 4.78 is 5.72. The zero-order valence-corrected chi connectivity index (χ0v) is 18.1. The largest absolute Gasteiger partial charge is 0.454 e. The molecule has 0 heterocycles. The van der Waals surface area contributed by atoms with Crippen LogP contribution in [0.4, 0.5) is 0 Å². The summed E-state index contributed by atoms with van der Waals surface area (Å²) in [7, 11) is 0. The second kappa shape index (κ2) is 14.3. The maximum Gasteiger partial charge on any atom is 0.330 e. The Bertz CT molecular complexity index is 373. The maximum atomic E-state index is 11.8. The molecule has 3 heteroatoms. The molecule has 0 spiro atoms. The van der Waals surface area contributed by atoms with E-state index in [4.69, 9.17) is 10.5 Å². The van der Waals surface area contributed by atoms with Gasteiger partial charge in [0.1, 0.15) is 5.60 Å². The van der Waals surface area contributed by atoms with Gasteiger partial charge in [-0.2, -0.15) is 0 Å². The van der Waals surface area contributed by atoms with Gasteiger partial charge in [-0.25, -0.2) is 4.79 Å². The Balaban J connectivity index is 3.96. The lowest BCUT2D eigenvalue weighted by atomic mass is 9.77. The van der Waals surface area contributed by atoms with Crippen molar-refractivity contribution >= 4 is 5.97 Å². The van der Waals surface area contributed by atoms with Gasteiger partial charge < -0.3 is 10.5 Å². The molecule has 1 unspecified atom stereocenters. The summed E-state index contributed by atoms with van der Waals surface area (Å²) >= 11 is 0. The van der Waals surface area contributed by atoms with Gasteiger partial charge in [0, 0.05) is 6.08 Å². The Labute approximate surface area is 163 Å². The standard InChI is InChI=1S/C23H45NO2/c1-6-9-10-11-12-13-14-15-16-17-18-19-20-23(8-3,22(4,5)24)26-21(25)7-2/h7H,2,6,8-20,24H2,1,3-5H3. The first-order chi connectivity index (χ1) is 12.3. The van der Waals surface area contributed by atoms with Crippen LogP contribution >= 0.6 is 0 Å². The minimum atomic E-state index is -0.600. The van der Waals surface area contributed by atoms with Gasteiger partial charge in [0.25, 0.3) is 0 Å². The summed E-state index contributed by atoms with van der Waals surface area (Å²) in [6, 6.07) is 0. The number of hydrogen-bond acceptors (Lipinski definition) is 3. The summed E-state index contributed by atoms with van der Waals surface area (Å²) in [5, 5.41) is 0. The third-order valence-electron chi connectivity index (χ3n) is 5.64. The molecule has 0 fully saturated rings. The number of carbonyl (C=O) groups excluding carboxylic acids is 1. The van der Waals surface area contributed by atoms with Crippen LogP contribution in [-0.2, 0) is 9.53 Å². The summed E-state index contributed by atoms with van der Waals surface area (Å²) in [5.41, 5.74) is 5.20. The monoisotopic (exact) mass is 367 g/mol. The molecule has 0 aliphatic heterocycles. The summed E-state index contributed by atoms with van der Waals surface area (Å²) in [6.07, 6.45) is 18.6. The third-order valence-corrected chi connectivity index (χ3v) is 5.64. The van der Waals surface area contributed by atoms with Crippen molar-refractivity contribution in [3.8, 4) is 0 Å². The van der Waals surface area contributed by atoms with Crippen molar-refractivity contribution in [3.05, 3.63) is 12.7 Å². The predicted molar refractivity (Wildman–Crippen MR) is 113 cm³/mol. The minimum absolute atomic E-state index is 0.371. The minimum Gasteiger partial charge on any atom is -0.454 e. The molecule has 0 rings (SSSR count). The number of rotatable bonds is 17. The Morgan fingerprint density at radius 3 is 1.65 bits per heavy atom. The zero-order valence-electron chi connectivity index (χ0n) is 18.1. The smallest absolute Gasteiger partial charge is 0.330 e. The van der Waals surface area contributed by atoms with Crippen LogP contribution in [0.2, 0.25) is 0 Å². The van der Waals surface area contributed by atoms with Crippen LogP contribution < -0.4 is 5.73 Å². The summed E-state index contributed by atoms with van der Waals surface area (Å²) in [5.74, 6) is -0.371. The van der Waals surface area contributed by atoms with E-state index in [-0.39, 0.29) is 5.97 Å². The van der Waals surface area contributed by atoms with Crippen LogP contribution in [0.3, 0.4) is 0 Å². The number of esters is 1. The van der Waals surface area contributed by atoms with Crippen molar-refractivity contribution in [2.45, 2.75) is 129 Å². The molecule has 0 saturated carbocycles. The van der Waals surface area contributed by atoms with Crippen molar-refractivity contribution in [2.24, 2.45) is 5.73 Å². The zero-order chi connectivity index (χ0) is 19.9. The lowest BCUT2D eigenvalue weighted by Gasteiger charge is -2.43. The number of ether oxygens (including phenoxy) is 1. The number of nitrogens with two attached hydrogens (primary N) is 1. The summed E-state index contributed by atoms with van der Waals surface area (Å²) in [4.78, 5) is 11.8. The lowest BCUT2D eigenvalue weighted by molar-refractivity contribution is -0.162. The molecule has 0 aromatic heterocycles. The molecule has 1 atom stereocenters. The second-order valence-electron chi connectivity index (χ2n) is 8.33. The van der Waals surface area contributed by atoms with Crippen molar-refractivity contribution in [2.75, 3.05) is 0 Å².